The molecule has 1 aromatic rings. The quantitative estimate of drug-likeness (QED) is 0.852. The summed E-state index contributed by atoms with van der Waals surface area (Å²) in [6.45, 7) is 3.51. The Hall–Kier alpha value is -0.880. The monoisotopic (exact) mass is 321 g/mol. The molecular weight excluding hydrogens is 308 g/mol. The summed E-state index contributed by atoms with van der Waals surface area (Å²) < 4.78 is 36.2. The maximum Gasteiger partial charge on any atom is 0.394 e. The largest absolute Gasteiger partial charge is 0.433 e. The molecule has 1 heterocycles. The third-order valence-electron chi connectivity index (χ3n) is 2.53. The molecule has 1 saturated heterocycles. The third-order valence-corrected chi connectivity index (χ3v) is 2.99. The van der Waals surface area contributed by atoms with Gasteiger partial charge in [-0.2, -0.15) is 8.78 Å². The summed E-state index contributed by atoms with van der Waals surface area (Å²) >= 11 is 3.30. The molecule has 0 aliphatic carbocycles. The summed E-state index contributed by atoms with van der Waals surface area (Å²) in [7, 11) is 0. The molecule has 100 valence electrons. The number of halogens is 3. The van der Waals surface area contributed by atoms with E-state index >= 15 is 0 Å². The number of alkyl halides is 2. The maximum atomic E-state index is 12.8. The second-order valence-corrected chi connectivity index (χ2v) is 5.07. The maximum absolute atomic E-state index is 12.8. The topological polar surface area (TPSA) is 21.7 Å². The molecule has 0 bridgehead atoms. The van der Waals surface area contributed by atoms with E-state index in [1.165, 1.54) is 6.07 Å². The van der Waals surface area contributed by atoms with E-state index < -0.39 is 6.11 Å². The van der Waals surface area contributed by atoms with E-state index in [0.29, 0.717) is 17.7 Å². The molecule has 0 N–H and O–H groups in total. The van der Waals surface area contributed by atoms with Gasteiger partial charge >= 0.3 is 6.11 Å². The van der Waals surface area contributed by atoms with Crippen molar-refractivity contribution in [3.63, 3.8) is 0 Å². The van der Waals surface area contributed by atoms with Crippen molar-refractivity contribution in [2.24, 2.45) is 0 Å². The van der Waals surface area contributed by atoms with Gasteiger partial charge in [-0.25, -0.2) is 0 Å². The normalized spacial score (nSPS) is 16.8. The van der Waals surface area contributed by atoms with Crippen LogP contribution in [0.2, 0.25) is 0 Å². The van der Waals surface area contributed by atoms with E-state index in [4.69, 9.17) is 4.74 Å². The van der Waals surface area contributed by atoms with Crippen molar-refractivity contribution in [3.05, 3.63) is 22.7 Å². The van der Waals surface area contributed by atoms with Crippen LogP contribution in [0.5, 0.6) is 5.75 Å². The van der Waals surface area contributed by atoms with E-state index in [1.807, 2.05) is 6.07 Å². The molecule has 0 amide bonds. The van der Waals surface area contributed by atoms with Gasteiger partial charge in [0.1, 0.15) is 5.75 Å². The molecule has 6 heteroatoms. The molecule has 0 aromatic heterocycles. The minimum Gasteiger partial charge on any atom is -0.433 e. The highest BCUT2D eigenvalue weighted by Crippen LogP contribution is 2.30. The molecule has 0 spiro atoms. The smallest absolute Gasteiger partial charge is 0.394 e. The molecule has 0 unspecified atom stereocenters. The molecule has 2 rings (SSSR count). The van der Waals surface area contributed by atoms with Crippen LogP contribution in [0.3, 0.4) is 0 Å². The van der Waals surface area contributed by atoms with Crippen molar-refractivity contribution >= 4 is 21.6 Å². The van der Waals surface area contributed by atoms with Gasteiger partial charge in [0, 0.05) is 36.2 Å². The Morgan fingerprint density at radius 1 is 1.28 bits per heavy atom. The lowest BCUT2D eigenvalue weighted by molar-refractivity contribution is -0.158. The van der Waals surface area contributed by atoms with E-state index in [1.54, 1.807) is 6.07 Å². The van der Waals surface area contributed by atoms with Gasteiger partial charge in [-0.1, -0.05) is 15.9 Å². The van der Waals surface area contributed by atoms with E-state index in [0.717, 1.165) is 25.7 Å². The standard InChI is InChI=1S/C12H14BrF2NO2/c1-12(14,15)18-11-7-9(13)6-10(8-11)16-2-4-17-5-3-16/h6-8H,2-5H2,1H3. The van der Waals surface area contributed by atoms with Crippen LogP contribution in [0, 0.1) is 0 Å². The fraction of sp³-hybridized carbons (Fsp3) is 0.500. The second kappa shape index (κ2) is 5.40. The predicted molar refractivity (Wildman–Crippen MR) is 68.4 cm³/mol. The van der Waals surface area contributed by atoms with Crippen LogP contribution in [0.1, 0.15) is 6.92 Å². The van der Waals surface area contributed by atoms with Crippen molar-refractivity contribution in [1.82, 2.24) is 0 Å². The number of rotatable bonds is 3. The Bertz CT molecular complexity index is 417. The molecule has 18 heavy (non-hydrogen) atoms. The summed E-state index contributed by atoms with van der Waals surface area (Å²) in [5.74, 6) is 0.151. The average molecular weight is 322 g/mol. The zero-order chi connectivity index (χ0) is 13.2. The lowest BCUT2D eigenvalue weighted by atomic mass is 10.2. The molecule has 1 fully saturated rings. The lowest BCUT2D eigenvalue weighted by Crippen LogP contribution is -2.36. The third kappa shape index (κ3) is 3.81. The van der Waals surface area contributed by atoms with Crippen LogP contribution in [0.25, 0.3) is 0 Å². The number of nitrogens with zero attached hydrogens (tertiary/aromatic N) is 1. The van der Waals surface area contributed by atoms with Gasteiger partial charge in [0.15, 0.2) is 0 Å². The SMILES string of the molecule is CC(F)(F)Oc1cc(Br)cc(N2CCOCC2)c1. The number of hydrogen-bond acceptors (Lipinski definition) is 3. The summed E-state index contributed by atoms with van der Waals surface area (Å²) in [4.78, 5) is 2.08. The number of hydrogen-bond donors (Lipinski definition) is 0. The Morgan fingerprint density at radius 3 is 2.56 bits per heavy atom. The zero-order valence-corrected chi connectivity index (χ0v) is 11.5. The van der Waals surface area contributed by atoms with Crippen molar-refractivity contribution in [1.29, 1.82) is 0 Å². The molecule has 0 saturated carbocycles. The van der Waals surface area contributed by atoms with Crippen molar-refractivity contribution in [3.8, 4) is 5.75 Å². The van der Waals surface area contributed by atoms with E-state index in [2.05, 4.69) is 25.6 Å². The minimum atomic E-state index is -3.18. The summed E-state index contributed by atoms with van der Waals surface area (Å²) in [5.41, 5.74) is 0.854. The van der Waals surface area contributed by atoms with Gasteiger partial charge in [-0.15, -0.1) is 0 Å². The number of benzene rings is 1. The molecule has 1 aromatic carbocycles. The first-order valence-corrected chi connectivity index (χ1v) is 6.43. The van der Waals surface area contributed by atoms with Crippen LogP contribution >= 0.6 is 15.9 Å². The number of morpholine rings is 1. The Kier molecular flexibility index (Phi) is 4.07. The number of ether oxygens (including phenoxy) is 2. The molecule has 3 nitrogen and oxygen atoms in total. The summed E-state index contributed by atoms with van der Waals surface area (Å²) in [5, 5.41) is 0. The van der Waals surface area contributed by atoms with Crippen LogP contribution < -0.4 is 9.64 Å². The highest BCUT2D eigenvalue weighted by molar-refractivity contribution is 9.10. The average Bonchev–Trinajstić information content (AvgIpc) is 2.27. The second-order valence-electron chi connectivity index (χ2n) is 4.15. The molecule has 1 aliphatic heterocycles. The zero-order valence-electron chi connectivity index (χ0n) is 9.96. The van der Waals surface area contributed by atoms with Crippen molar-refractivity contribution in [2.75, 3.05) is 31.2 Å². The van der Waals surface area contributed by atoms with Gasteiger partial charge in [-0.3, -0.25) is 0 Å². The van der Waals surface area contributed by atoms with Gasteiger partial charge < -0.3 is 14.4 Å². The van der Waals surface area contributed by atoms with E-state index in [-0.39, 0.29) is 5.75 Å². The molecular formula is C12H14BrF2NO2. The fourth-order valence-electron chi connectivity index (χ4n) is 1.82. The fourth-order valence-corrected chi connectivity index (χ4v) is 2.28. The van der Waals surface area contributed by atoms with Crippen molar-refractivity contribution in [2.45, 2.75) is 13.0 Å². The van der Waals surface area contributed by atoms with Gasteiger partial charge in [-0.05, 0) is 12.1 Å². The highest BCUT2D eigenvalue weighted by atomic mass is 79.9. The summed E-state index contributed by atoms with van der Waals surface area (Å²) in [6.07, 6.45) is -3.18. The van der Waals surface area contributed by atoms with Gasteiger partial charge in [0.25, 0.3) is 0 Å². The van der Waals surface area contributed by atoms with Crippen LogP contribution in [0.15, 0.2) is 22.7 Å². The highest BCUT2D eigenvalue weighted by Gasteiger charge is 2.24. The number of anilines is 1. The predicted octanol–water partition coefficient (Wildman–Crippen LogP) is 3.28. The summed E-state index contributed by atoms with van der Waals surface area (Å²) in [6, 6.07) is 5.03. The van der Waals surface area contributed by atoms with Gasteiger partial charge in [0.05, 0.1) is 13.2 Å². The van der Waals surface area contributed by atoms with Crippen LogP contribution in [-0.2, 0) is 4.74 Å². The van der Waals surface area contributed by atoms with Crippen LogP contribution in [-0.4, -0.2) is 32.4 Å². The Morgan fingerprint density at radius 2 is 1.94 bits per heavy atom. The van der Waals surface area contributed by atoms with E-state index in [9.17, 15) is 8.78 Å². The Balaban J connectivity index is 2.20. The van der Waals surface area contributed by atoms with Crippen molar-refractivity contribution < 1.29 is 18.3 Å². The molecule has 0 radical (unpaired) electrons. The minimum absolute atomic E-state index is 0.151. The molecule has 0 atom stereocenters. The first-order chi connectivity index (χ1) is 8.44. The Labute approximate surface area is 113 Å². The molecule has 1 aliphatic rings. The van der Waals surface area contributed by atoms with Gasteiger partial charge in [0.2, 0.25) is 0 Å². The first kappa shape index (κ1) is 13.5. The first-order valence-electron chi connectivity index (χ1n) is 5.64. The lowest BCUT2D eigenvalue weighted by Gasteiger charge is -2.29. The van der Waals surface area contributed by atoms with Crippen LogP contribution in [0.4, 0.5) is 14.5 Å².